The number of rotatable bonds is 6. The summed E-state index contributed by atoms with van der Waals surface area (Å²) in [6.07, 6.45) is 1.61. The Morgan fingerprint density at radius 3 is 2.48 bits per heavy atom. The van der Waals surface area contributed by atoms with Gasteiger partial charge in [0.25, 0.3) is 5.91 Å². The summed E-state index contributed by atoms with van der Waals surface area (Å²) in [5, 5.41) is 3.24. The molecule has 3 aromatic rings. The summed E-state index contributed by atoms with van der Waals surface area (Å²) in [5.41, 5.74) is 3.58. The van der Waals surface area contributed by atoms with Crippen LogP contribution in [-0.2, 0) is 6.54 Å². The highest BCUT2D eigenvalue weighted by molar-refractivity contribution is 5.92. The van der Waals surface area contributed by atoms with Crippen LogP contribution in [0.4, 0.5) is 11.6 Å². The van der Waals surface area contributed by atoms with E-state index in [0.717, 1.165) is 11.3 Å². The number of carbonyl (C=O) groups is 1. The van der Waals surface area contributed by atoms with Crippen LogP contribution in [0.5, 0.6) is 0 Å². The highest BCUT2D eigenvalue weighted by atomic mass is 16.2. The van der Waals surface area contributed by atoms with E-state index in [2.05, 4.69) is 35.2 Å². The molecule has 0 aliphatic carbocycles. The van der Waals surface area contributed by atoms with Crippen molar-refractivity contribution < 1.29 is 4.79 Å². The summed E-state index contributed by atoms with van der Waals surface area (Å²) in [5.74, 6) is 0.652. The molecule has 2 aromatic carbocycles. The van der Waals surface area contributed by atoms with Gasteiger partial charge in [-0.3, -0.25) is 4.79 Å². The third kappa shape index (κ3) is 4.70. The molecule has 3 rings (SSSR count). The van der Waals surface area contributed by atoms with E-state index in [-0.39, 0.29) is 5.91 Å². The number of nitrogens with one attached hydrogen (secondary N) is 1. The molecule has 0 unspecified atom stereocenters. The number of para-hydroxylation sites is 1. The zero-order valence-electron chi connectivity index (χ0n) is 15.9. The fraction of sp³-hybridized carbons (Fsp3) is 0.227. The first-order chi connectivity index (χ1) is 13.0. The number of hydrogen-bond donors (Lipinski definition) is 1. The van der Waals surface area contributed by atoms with Gasteiger partial charge >= 0.3 is 0 Å². The van der Waals surface area contributed by atoms with Gasteiger partial charge in [-0.15, -0.1) is 0 Å². The van der Waals surface area contributed by atoms with E-state index in [9.17, 15) is 4.79 Å². The maximum Gasteiger partial charge on any atom is 0.272 e. The molecule has 0 atom stereocenters. The predicted octanol–water partition coefficient (Wildman–Crippen LogP) is 4.62. The van der Waals surface area contributed by atoms with Gasteiger partial charge in [-0.05, 0) is 29.2 Å². The summed E-state index contributed by atoms with van der Waals surface area (Å²) >= 11 is 0. The van der Waals surface area contributed by atoms with Gasteiger partial charge in [-0.1, -0.05) is 62.4 Å². The summed E-state index contributed by atoms with van der Waals surface area (Å²) in [4.78, 5) is 23.1. The Balaban J connectivity index is 1.76. The van der Waals surface area contributed by atoms with Gasteiger partial charge in [0, 0.05) is 25.5 Å². The predicted molar refractivity (Wildman–Crippen MR) is 108 cm³/mol. The Kier molecular flexibility index (Phi) is 5.81. The number of hydrogen-bond acceptors (Lipinski definition) is 4. The summed E-state index contributed by atoms with van der Waals surface area (Å²) in [7, 11) is 1.78. The van der Waals surface area contributed by atoms with Crippen molar-refractivity contribution in [3.05, 3.63) is 83.7 Å². The number of carbonyl (C=O) groups excluding carboxylic acids is 1. The molecule has 0 bridgehead atoms. The number of aromatic nitrogens is 2. The molecule has 138 valence electrons. The van der Waals surface area contributed by atoms with E-state index < -0.39 is 0 Å². The first-order valence-corrected chi connectivity index (χ1v) is 9.03. The third-order valence-electron chi connectivity index (χ3n) is 4.31. The fourth-order valence-electron chi connectivity index (χ4n) is 2.90. The summed E-state index contributed by atoms with van der Waals surface area (Å²) in [6.45, 7) is 4.81. The first-order valence-electron chi connectivity index (χ1n) is 9.03. The molecule has 5 heteroatoms. The minimum absolute atomic E-state index is 0.138. The van der Waals surface area contributed by atoms with Crippen LogP contribution in [0.2, 0.25) is 0 Å². The lowest BCUT2D eigenvalue weighted by molar-refractivity contribution is 0.0779. The molecule has 0 aliphatic rings. The average Bonchev–Trinajstić information content (AvgIpc) is 2.68. The molecule has 0 aliphatic heterocycles. The normalized spacial score (nSPS) is 10.7. The molecule has 5 nitrogen and oxygen atoms in total. The first kappa shape index (κ1) is 18.6. The lowest BCUT2D eigenvalue weighted by Gasteiger charge is -2.17. The largest absolute Gasteiger partial charge is 0.336 e. The Hall–Kier alpha value is -3.21. The number of amides is 1. The van der Waals surface area contributed by atoms with Crippen LogP contribution < -0.4 is 5.32 Å². The van der Waals surface area contributed by atoms with Gasteiger partial charge < -0.3 is 10.2 Å². The zero-order valence-corrected chi connectivity index (χ0v) is 15.9. The standard InChI is InChI=1S/C22H24N4O/c1-16(2)18-11-7-8-12-19(18)24-22-23-14-13-20(25-22)21(27)26(3)15-17-9-5-4-6-10-17/h4-14,16H,15H2,1-3H3,(H,23,24,25). The smallest absolute Gasteiger partial charge is 0.272 e. The van der Waals surface area contributed by atoms with Crippen LogP contribution in [0.25, 0.3) is 0 Å². The van der Waals surface area contributed by atoms with Crippen molar-refractivity contribution in [1.82, 2.24) is 14.9 Å². The maximum absolute atomic E-state index is 12.7. The van der Waals surface area contributed by atoms with Crippen molar-refractivity contribution in [2.24, 2.45) is 0 Å². The van der Waals surface area contributed by atoms with Crippen LogP contribution in [0.1, 0.15) is 41.4 Å². The van der Waals surface area contributed by atoms with Crippen LogP contribution in [-0.4, -0.2) is 27.8 Å². The summed E-state index contributed by atoms with van der Waals surface area (Å²) in [6, 6.07) is 19.6. The van der Waals surface area contributed by atoms with Crippen LogP contribution in [0.15, 0.2) is 66.9 Å². The summed E-state index contributed by atoms with van der Waals surface area (Å²) < 4.78 is 0. The second-order valence-electron chi connectivity index (χ2n) is 6.78. The van der Waals surface area contributed by atoms with Crippen LogP contribution in [0, 0.1) is 0 Å². The molecule has 1 N–H and O–H groups in total. The topological polar surface area (TPSA) is 58.1 Å². The lowest BCUT2D eigenvalue weighted by atomic mass is 10.0. The maximum atomic E-state index is 12.7. The minimum atomic E-state index is -0.138. The monoisotopic (exact) mass is 360 g/mol. The third-order valence-corrected chi connectivity index (χ3v) is 4.31. The Bertz CT molecular complexity index is 909. The Morgan fingerprint density at radius 2 is 1.74 bits per heavy atom. The number of nitrogens with zero attached hydrogens (tertiary/aromatic N) is 3. The zero-order chi connectivity index (χ0) is 19.2. The number of benzene rings is 2. The molecule has 1 heterocycles. The SMILES string of the molecule is CC(C)c1ccccc1Nc1nccc(C(=O)N(C)Cc2ccccc2)n1. The quantitative estimate of drug-likeness (QED) is 0.697. The highest BCUT2D eigenvalue weighted by Crippen LogP contribution is 2.25. The van der Waals surface area contributed by atoms with Gasteiger partial charge in [-0.25, -0.2) is 9.97 Å². The van der Waals surface area contributed by atoms with E-state index in [1.54, 1.807) is 24.2 Å². The average molecular weight is 360 g/mol. The Morgan fingerprint density at radius 1 is 1.04 bits per heavy atom. The van der Waals surface area contributed by atoms with E-state index in [4.69, 9.17) is 0 Å². The lowest BCUT2D eigenvalue weighted by Crippen LogP contribution is -2.27. The molecule has 1 amide bonds. The molecule has 0 fully saturated rings. The molecule has 0 spiro atoms. The second kappa shape index (κ2) is 8.45. The highest BCUT2D eigenvalue weighted by Gasteiger charge is 2.15. The van der Waals surface area contributed by atoms with Crippen molar-refractivity contribution in [3.8, 4) is 0 Å². The van der Waals surface area contributed by atoms with Crippen molar-refractivity contribution in [1.29, 1.82) is 0 Å². The molecular formula is C22H24N4O. The van der Waals surface area contributed by atoms with Crippen molar-refractivity contribution >= 4 is 17.5 Å². The van der Waals surface area contributed by atoms with Crippen LogP contribution in [0.3, 0.4) is 0 Å². The van der Waals surface area contributed by atoms with Crippen molar-refractivity contribution in [3.63, 3.8) is 0 Å². The van der Waals surface area contributed by atoms with Gasteiger partial charge in [0.2, 0.25) is 5.95 Å². The fourth-order valence-corrected chi connectivity index (χ4v) is 2.90. The van der Waals surface area contributed by atoms with E-state index in [1.165, 1.54) is 5.56 Å². The minimum Gasteiger partial charge on any atom is -0.336 e. The molecule has 0 saturated carbocycles. The van der Waals surface area contributed by atoms with Gasteiger partial charge in [0.05, 0.1) is 0 Å². The molecule has 0 radical (unpaired) electrons. The van der Waals surface area contributed by atoms with E-state index in [0.29, 0.717) is 24.1 Å². The van der Waals surface area contributed by atoms with Gasteiger partial charge in [0.1, 0.15) is 5.69 Å². The molecule has 1 aromatic heterocycles. The number of anilines is 2. The molecule has 27 heavy (non-hydrogen) atoms. The van der Waals surface area contributed by atoms with Gasteiger partial charge in [-0.2, -0.15) is 0 Å². The van der Waals surface area contributed by atoms with Crippen molar-refractivity contribution in [2.75, 3.05) is 12.4 Å². The van der Waals surface area contributed by atoms with Crippen LogP contribution >= 0.6 is 0 Å². The molecular weight excluding hydrogens is 336 g/mol. The van der Waals surface area contributed by atoms with Crippen molar-refractivity contribution in [2.45, 2.75) is 26.3 Å². The van der Waals surface area contributed by atoms with E-state index in [1.807, 2.05) is 48.5 Å². The van der Waals surface area contributed by atoms with E-state index >= 15 is 0 Å². The Labute approximate surface area is 160 Å². The van der Waals surface area contributed by atoms with Gasteiger partial charge in [0.15, 0.2) is 0 Å². The molecule has 0 saturated heterocycles. The second-order valence-corrected chi connectivity index (χ2v) is 6.78.